The van der Waals surface area contributed by atoms with Crippen molar-refractivity contribution in [1.29, 1.82) is 0 Å². The van der Waals surface area contributed by atoms with Crippen LogP contribution in [0.5, 0.6) is 0 Å². The van der Waals surface area contributed by atoms with Gasteiger partial charge in [0.05, 0.1) is 5.56 Å². The van der Waals surface area contributed by atoms with Crippen molar-refractivity contribution in [2.24, 2.45) is 13.0 Å². The van der Waals surface area contributed by atoms with Crippen LogP contribution in [0.25, 0.3) is 10.9 Å². The second kappa shape index (κ2) is 5.78. The van der Waals surface area contributed by atoms with Crippen LogP contribution in [0.15, 0.2) is 24.3 Å². The van der Waals surface area contributed by atoms with E-state index in [1.165, 1.54) is 37.1 Å². The maximum absolute atomic E-state index is 13.3. The van der Waals surface area contributed by atoms with Gasteiger partial charge in [0, 0.05) is 49.2 Å². The van der Waals surface area contributed by atoms with Gasteiger partial charge >= 0.3 is 0 Å². The number of amides is 1. The Morgan fingerprint density at radius 3 is 2.54 bits per heavy atom. The normalized spacial score (nSPS) is 28.8. The number of carbonyl (C=O) groups excluding carboxylic acids is 1. The summed E-state index contributed by atoms with van der Waals surface area (Å²) >= 11 is 0. The quantitative estimate of drug-likeness (QED) is 0.795. The first-order valence-electron chi connectivity index (χ1n) is 8.83. The molecule has 0 spiro atoms. The minimum absolute atomic E-state index is 0. The zero-order valence-corrected chi connectivity index (χ0v) is 14.9. The monoisotopic (exact) mass is 345 g/mol. The molecule has 1 amide bonds. The van der Waals surface area contributed by atoms with E-state index >= 15 is 0 Å². The molecule has 24 heavy (non-hydrogen) atoms. The van der Waals surface area contributed by atoms with E-state index in [2.05, 4.69) is 39.6 Å². The third-order valence-electron chi connectivity index (χ3n) is 6.31. The Labute approximate surface area is 148 Å². The number of carbonyl (C=O) groups is 1. The molecule has 0 saturated carbocycles. The van der Waals surface area contributed by atoms with Gasteiger partial charge in [0.15, 0.2) is 0 Å². The van der Waals surface area contributed by atoms with Crippen molar-refractivity contribution in [3.63, 3.8) is 0 Å². The lowest BCUT2D eigenvalue weighted by Gasteiger charge is -2.49. The molecule has 2 bridgehead atoms. The summed E-state index contributed by atoms with van der Waals surface area (Å²) < 4.78 is 2.22. The fraction of sp³-hybridized carbons (Fsp3) is 0.526. The van der Waals surface area contributed by atoms with Crippen molar-refractivity contribution in [1.82, 2.24) is 14.4 Å². The molecule has 0 N–H and O–H groups in total. The van der Waals surface area contributed by atoms with Gasteiger partial charge in [-0.25, -0.2) is 0 Å². The minimum atomic E-state index is 0. The van der Waals surface area contributed by atoms with Crippen molar-refractivity contribution < 1.29 is 4.79 Å². The molecule has 5 heterocycles. The van der Waals surface area contributed by atoms with Crippen LogP contribution in [0.2, 0.25) is 0 Å². The summed E-state index contributed by atoms with van der Waals surface area (Å²) in [4.78, 5) is 18.1. The van der Waals surface area contributed by atoms with E-state index in [1.807, 2.05) is 6.07 Å². The van der Waals surface area contributed by atoms with Crippen LogP contribution >= 0.6 is 12.4 Å². The van der Waals surface area contributed by atoms with Crippen LogP contribution in [-0.4, -0.2) is 52.5 Å². The average molecular weight is 346 g/mol. The number of para-hydroxylation sites is 1. The van der Waals surface area contributed by atoms with Gasteiger partial charge < -0.3 is 14.4 Å². The van der Waals surface area contributed by atoms with E-state index in [9.17, 15) is 4.79 Å². The van der Waals surface area contributed by atoms with Crippen LogP contribution < -0.4 is 0 Å². The van der Waals surface area contributed by atoms with Crippen molar-refractivity contribution in [2.45, 2.75) is 25.3 Å². The molecule has 3 fully saturated rings. The fourth-order valence-corrected chi connectivity index (χ4v) is 5.05. The van der Waals surface area contributed by atoms with Crippen LogP contribution in [-0.2, 0) is 13.5 Å². The molecule has 0 radical (unpaired) electrons. The van der Waals surface area contributed by atoms with E-state index in [-0.39, 0.29) is 18.3 Å². The summed E-state index contributed by atoms with van der Waals surface area (Å²) in [6.45, 7) is 4.41. The molecule has 3 saturated heterocycles. The Balaban J connectivity index is 0.00000146. The first-order chi connectivity index (χ1) is 11.2. The number of benzene rings is 1. The lowest BCUT2D eigenvalue weighted by atomic mass is 9.82. The first-order valence-corrected chi connectivity index (χ1v) is 8.83. The number of rotatable bonds is 1. The first kappa shape index (κ1) is 16.0. The van der Waals surface area contributed by atoms with E-state index in [0.717, 1.165) is 30.5 Å². The largest absolute Gasteiger partial charge is 0.347 e. The maximum Gasteiger partial charge on any atom is 0.256 e. The van der Waals surface area contributed by atoms with Crippen LogP contribution in [0.1, 0.15) is 28.9 Å². The molecule has 1 aromatic heterocycles. The number of piperidine rings is 3. The highest BCUT2D eigenvalue weighted by molar-refractivity contribution is 6.09. The average Bonchev–Trinajstić information content (AvgIpc) is 2.90. The highest BCUT2D eigenvalue weighted by Crippen LogP contribution is 2.36. The standard InChI is InChI=1S/C19H23N3O.ClH/c1-20-15-5-3-2-4-14(15)18-16(20)8-11-22(19(18)23)17-12-21-9-6-13(17)7-10-21;/h2-5,13,17H,6-12H2,1H3;1H/t17-;/m0./s1. The number of aromatic nitrogens is 1. The number of halogens is 1. The van der Waals surface area contributed by atoms with Gasteiger partial charge in [0.25, 0.3) is 5.91 Å². The molecule has 4 aliphatic rings. The van der Waals surface area contributed by atoms with Gasteiger partial charge in [-0.2, -0.15) is 0 Å². The van der Waals surface area contributed by atoms with E-state index in [1.54, 1.807) is 0 Å². The highest BCUT2D eigenvalue weighted by Gasteiger charge is 2.42. The molecular weight excluding hydrogens is 322 g/mol. The zero-order valence-electron chi connectivity index (χ0n) is 14.1. The fourth-order valence-electron chi connectivity index (χ4n) is 5.05. The number of hydrogen-bond donors (Lipinski definition) is 0. The molecular formula is C19H24ClN3O. The Hall–Kier alpha value is -1.52. The predicted octanol–water partition coefficient (Wildman–Crippen LogP) is 2.69. The van der Waals surface area contributed by atoms with Gasteiger partial charge in [-0.1, -0.05) is 18.2 Å². The van der Waals surface area contributed by atoms with Crippen molar-refractivity contribution >= 4 is 29.2 Å². The zero-order chi connectivity index (χ0) is 15.6. The Morgan fingerprint density at radius 1 is 1.08 bits per heavy atom. The van der Waals surface area contributed by atoms with Gasteiger partial charge in [0.2, 0.25) is 0 Å². The molecule has 1 atom stereocenters. The van der Waals surface area contributed by atoms with Gasteiger partial charge in [0.1, 0.15) is 0 Å². The molecule has 128 valence electrons. The van der Waals surface area contributed by atoms with E-state index in [0.29, 0.717) is 12.0 Å². The number of fused-ring (bicyclic) bond motifs is 6. The third kappa shape index (κ3) is 2.12. The Bertz CT molecular complexity index is 791. The molecule has 6 rings (SSSR count). The summed E-state index contributed by atoms with van der Waals surface area (Å²) in [6, 6.07) is 8.76. The third-order valence-corrected chi connectivity index (χ3v) is 6.31. The van der Waals surface area contributed by atoms with Gasteiger partial charge in [-0.15, -0.1) is 12.4 Å². The highest BCUT2D eigenvalue weighted by atomic mass is 35.5. The van der Waals surface area contributed by atoms with Crippen LogP contribution in [0, 0.1) is 5.92 Å². The molecule has 0 aliphatic carbocycles. The van der Waals surface area contributed by atoms with Crippen LogP contribution in [0.3, 0.4) is 0 Å². The van der Waals surface area contributed by atoms with Crippen molar-refractivity contribution in [3.8, 4) is 0 Å². The molecule has 4 aliphatic heterocycles. The molecule has 1 aromatic carbocycles. The lowest BCUT2D eigenvalue weighted by molar-refractivity contribution is 0.00599. The second-order valence-corrected chi connectivity index (χ2v) is 7.35. The maximum atomic E-state index is 13.3. The van der Waals surface area contributed by atoms with Gasteiger partial charge in [-0.3, -0.25) is 4.79 Å². The van der Waals surface area contributed by atoms with Crippen molar-refractivity contribution in [3.05, 3.63) is 35.5 Å². The molecule has 5 heteroatoms. The Kier molecular flexibility index (Phi) is 3.85. The summed E-state index contributed by atoms with van der Waals surface area (Å²) in [6.07, 6.45) is 3.50. The summed E-state index contributed by atoms with van der Waals surface area (Å²) in [5, 5.41) is 1.13. The van der Waals surface area contributed by atoms with E-state index < -0.39 is 0 Å². The number of hydrogen-bond acceptors (Lipinski definition) is 2. The summed E-state index contributed by atoms with van der Waals surface area (Å²) in [7, 11) is 2.10. The second-order valence-electron chi connectivity index (χ2n) is 7.35. The number of nitrogens with zero attached hydrogens (tertiary/aromatic N) is 3. The summed E-state index contributed by atoms with van der Waals surface area (Å²) in [5.74, 6) is 0.974. The number of aryl methyl sites for hydroxylation is 1. The SMILES string of the molecule is Cl.Cn1c2c(c3ccccc31)C(=O)N([C@H]1CN3CCC1CC3)CC2. The summed E-state index contributed by atoms with van der Waals surface area (Å²) in [5.41, 5.74) is 3.36. The van der Waals surface area contributed by atoms with Crippen molar-refractivity contribution in [2.75, 3.05) is 26.2 Å². The lowest BCUT2D eigenvalue weighted by Crippen LogP contribution is -2.59. The van der Waals surface area contributed by atoms with Crippen LogP contribution in [0.4, 0.5) is 0 Å². The minimum Gasteiger partial charge on any atom is -0.347 e. The predicted molar refractivity (Wildman–Crippen MR) is 97.9 cm³/mol. The van der Waals surface area contributed by atoms with E-state index in [4.69, 9.17) is 0 Å². The Morgan fingerprint density at radius 2 is 1.83 bits per heavy atom. The topological polar surface area (TPSA) is 28.5 Å². The smallest absolute Gasteiger partial charge is 0.256 e. The van der Waals surface area contributed by atoms with Gasteiger partial charge in [-0.05, 0) is 37.9 Å². The molecule has 0 unspecified atom stereocenters. The molecule has 4 nitrogen and oxygen atoms in total. The molecule has 2 aromatic rings.